The van der Waals surface area contributed by atoms with Gasteiger partial charge < -0.3 is 19.7 Å². The molecule has 0 aliphatic carbocycles. The lowest BCUT2D eigenvalue weighted by atomic mass is 10.1. The molecule has 0 aromatic rings. The van der Waals surface area contributed by atoms with Crippen LogP contribution in [0.2, 0.25) is 0 Å². The van der Waals surface area contributed by atoms with E-state index in [0.717, 1.165) is 25.7 Å². The van der Waals surface area contributed by atoms with Crippen LogP contribution in [0.1, 0.15) is 58.8 Å². The van der Waals surface area contributed by atoms with E-state index < -0.39 is 12.1 Å². The minimum atomic E-state index is -0.759. The van der Waals surface area contributed by atoms with Gasteiger partial charge in [-0.05, 0) is 26.7 Å². The van der Waals surface area contributed by atoms with Gasteiger partial charge in [0, 0.05) is 12.8 Å². The molecular weight excluding hydrogens is 276 g/mol. The molecule has 2 atom stereocenters. The Bertz CT molecular complexity index is 290. The first-order chi connectivity index (χ1) is 9.91. The molecule has 0 aliphatic heterocycles. The van der Waals surface area contributed by atoms with Crippen molar-refractivity contribution in [1.82, 2.24) is 0 Å². The molecule has 0 aromatic heterocycles. The summed E-state index contributed by atoms with van der Waals surface area (Å²) in [5, 5.41) is 17.5. The summed E-state index contributed by atoms with van der Waals surface area (Å²) in [6.07, 6.45) is 4.02. The standard InChI is InChI=1S/C15H28O6/c1-12(16)10-20-13(2)11-21-15(19)9-7-5-3-4-6-8-14(17)18/h12-13,16H,3-11H2,1-2H3,(H,17,18). The fourth-order valence-electron chi connectivity index (χ4n) is 1.71. The highest BCUT2D eigenvalue weighted by Gasteiger charge is 2.08. The third-order valence-corrected chi connectivity index (χ3v) is 2.87. The maximum atomic E-state index is 11.5. The number of carboxylic acid groups (broad SMARTS) is 1. The van der Waals surface area contributed by atoms with Crippen LogP contribution in [0, 0.1) is 0 Å². The average Bonchev–Trinajstić information content (AvgIpc) is 2.41. The number of esters is 1. The van der Waals surface area contributed by atoms with Gasteiger partial charge in [-0.25, -0.2) is 0 Å². The van der Waals surface area contributed by atoms with Gasteiger partial charge in [0.05, 0.1) is 18.8 Å². The summed E-state index contributed by atoms with van der Waals surface area (Å²) in [5.74, 6) is -1.00. The molecule has 0 saturated carbocycles. The number of rotatable bonds is 13. The van der Waals surface area contributed by atoms with Gasteiger partial charge in [0.2, 0.25) is 0 Å². The number of carbonyl (C=O) groups excluding carboxylic acids is 1. The van der Waals surface area contributed by atoms with Crippen LogP contribution in [-0.4, -0.2) is 47.6 Å². The van der Waals surface area contributed by atoms with Crippen molar-refractivity contribution in [2.24, 2.45) is 0 Å². The van der Waals surface area contributed by atoms with Gasteiger partial charge in [-0.3, -0.25) is 9.59 Å². The molecule has 0 heterocycles. The fraction of sp³-hybridized carbons (Fsp3) is 0.867. The summed E-state index contributed by atoms with van der Waals surface area (Å²) in [7, 11) is 0. The molecule has 0 bridgehead atoms. The normalized spacial score (nSPS) is 13.7. The Morgan fingerprint density at radius 2 is 1.52 bits per heavy atom. The molecule has 0 spiro atoms. The van der Waals surface area contributed by atoms with E-state index in [1.807, 2.05) is 0 Å². The molecule has 2 N–H and O–H groups in total. The van der Waals surface area contributed by atoms with E-state index in [1.54, 1.807) is 13.8 Å². The first-order valence-electron chi connectivity index (χ1n) is 7.59. The number of aliphatic carboxylic acids is 1. The smallest absolute Gasteiger partial charge is 0.305 e. The number of ether oxygens (including phenoxy) is 2. The number of carbonyl (C=O) groups is 2. The van der Waals surface area contributed by atoms with Crippen molar-refractivity contribution in [3.8, 4) is 0 Å². The number of aliphatic hydroxyl groups excluding tert-OH is 1. The molecule has 0 rings (SSSR count). The van der Waals surface area contributed by atoms with Crippen molar-refractivity contribution >= 4 is 11.9 Å². The molecule has 0 aliphatic rings. The zero-order valence-corrected chi connectivity index (χ0v) is 13.0. The summed E-state index contributed by atoms with van der Waals surface area (Å²) < 4.78 is 10.3. The Kier molecular flexibility index (Phi) is 11.9. The number of hydrogen-bond acceptors (Lipinski definition) is 5. The largest absolute Gasteiger partial charge is 0.481 e. The summed E-state index contributed by atoms with van der Waals surface area (Å²) in [5.41, 5.74) is 0. The van der Waals surface area contributed by atoms with Gasteiger partial charge in [0.1, 0.15) is 6.61 Å². The lowest BCUT2D eigenvalue weighted by molar-refractivity contribution is -0.148. The Labute approximate surface area is 126 Å². The van der Waals surface area contributed by atoms with E-state index in [1.165, 1.54) is 0 Å². The third kappa shape index (κ3) is 15.1. The molecule has 21 heavy (non-hydrogen) atoms. The van der Waals surface area contributed by atoms with Gasteiger partial charge in [-0.1, -0.05) is 19.3 Å². The quantitative estimate of drug-likeness (QED) is 0.400. The summed E-state index contributed by atoms with van der Waals surface area (Å²) in [4.78, 5) is 21.8. The second kappa shape index (κ2) is 12.6. The molecule has 124 valence electrons. The number of carboxylic acids is 1. The van der Waals surface area contributed by atoms with E-state index >= 15 is 0 Å². The zero-order chi connectivity index (χ0) is 16.1. The maximum absolute atomic E-state index is 11.5. The van der Waals surface area contributed by atoms with Crippen LogP contribution < -0.4 is 0 Å². The number of hydrogen-bond donors (Lipinski definition) is 2. The van der Waals surface area contributed by atoms with E-state index in [2.05, 4.69) is 0 Å². The highest BCUT2D eigenvalue weighted by Crippen LogP contribution is 2.08. The van der Waals surface area contributed by atoms with E-state index in [-0.39, 0.29) is 31.7 Å². The minimum absolute atomic E-state index is 0.199. The van der Waals surface area contributed by atoms with Crippen molar-refractivity contribution in [3.63, 3.8) is 0 Å². The van der Waals surface area contributed by atoms with Crippen molar-refractivity contribution in [3.05, 3.63) is 0 Å². The van der Waals surface area contributed by atoms with Gasteiger partial charge in [-0.15, -0.1) is 0 Å². The third-order valence-electron chi connectivity index (χ3n) is 2.87. The highest BCUT2D eigenvalue weighted by atomic mass is 16.6. The van der Waals surface area contributed by atoms with E-state index in [4.69, 9.17) is 19.7 Å². The first kappa shape index (κ1) is 19.9. The predicted octanol–water partition coefficient (Wildman–Crippen LogP) is 2.13. The molecule has 6 heteroatoms. The zero-order valence-electron chi connectivity index (χ0n) is 13.0. The summed E-state index contributed by atoms with van der Waals surface area (Å²) in [6, 6.07) is 0. The monoisotopic (exact) mass is 304 g/mol. The number of unbranched alkanes of at least 4 members (excludes halogenated alkanes) is 4. The number of aliphatic hydroxyl groups is 1. The molecule has 0 amide bonds. The molecule has 2 unspecified atom stereocenters. The van der Waals surface area contributed by atoms with Gasteiger partial charge in [-0.2, -0.15) is 0 Å². The van der Waals surface area contributed by atoms with Crippen molar-refractivity contribution in [2.75, 3.05) is 13.2 Å². The average molecular weight is 304 g/mol. The molecular formula is C15H28O6. The maximum Gasteiger partial charge on any atom is 0.305 e. The van der Waals surface area contributed by atoms with E-state index in [0.29, 0.717) is 12.8 Å². The van der Waals surface area contributed by atoms with Gasteiger partial charge in [0.15, 0.2) is 0 Å². The summed E-state index contributed by atoms with van der Waals surface area (Å²) >= 11 is 0. The predicted molar refractivity (Wildman–Crippen MR) is 78.0 cm³/mol. The van der Waals surface area contributed by atoms with Crippen LogP contribution in [0.3, 0.4) is 0 Å². The molecule has 0 aromatic carbocycles. The SMILES string of the molecule is CC(O)COC(C)COC(=O)CCCCCCCC(=O)O. The fourth-order valence-corrected chi connectivity index (χ4v) is 1.71. The highest BCUT2D eigenvalue weighted by molar-refractivity contribution is 5.69. The Morgan fingerprint density at radius 1 is 0.952 bits per heavy atom. The molecule has 6 nitrogen and oxygen atoms in total. The van der Waals surface area contributed by atoms with E-state index in [9.17, 15) is 9.59 Å². The van der Waals surface area contributed by atoms with Crippen LogP contribution in [0.25, 0.3) is 0 Å². The van der Waals surface area contributed by atoms with Crippen molar-refractivity contribution in [1.29, 1.82) is 0 Å². The van der Waals surface area contributed by atoms with Crippen LogP contribution in [0.5, 0.6) is 0 Å². The van der Waals surface area contributed by atoms with Crippen molar-refractivity contribution < 1.29 is 29.3 Å². The minimum Gasteiger partial charge on any atom is -0.481 e. The van der Waals surface area contributed by atoms with Gasteiger partial charge >= 0.3 is 11.9 Å². The summed E-state index contributed by atoms with van der Waals surface area (Å²) in [6.45, 7) is 3.85. The first-order valence-corrected chi connectivity index (χ1v) is 7.59. The molecule has 0 saturated heterocycles. The van der Waals surface area contributed by atoms with Crippen LogP contribution >= 0.6 is 0 Å². The second-order valence-corrected chi connectivity index (χ2v) is 5.34. The van der Waals surface area contributed by atoms with Crippen molar-refractivity contribution in [2.45, 2.75) is 71.0 Å². The topological polar surface area (TPSA) is 93.1 Å². The molecule has 0 radical (unpaired) electrons. The molecule has 0 fully saturated rings. The lowest BCUT2D eigenvalue weighted by Gasteiger charge is -2.14. The van der Waals surface area contributed by atoms with Gasteiger partial charge in [0.25, 0.3) is 0 Å². The van der Waals surface area contributed by atoms with Crippen LogP contribution in [0.4, 0.5) is 0 Å². The van der Waals surface area contributed by atoms with Crippen LogP contribution in [-0.2, 0) is 19.1 Å². The van der Waals surface area contributed by atoms with Crippen LogP contribution in [0.15, 0.2) is 0 Å². The second-order valence-electron chi connectivity index (χ2n) is 5.34. The lowest BCUT2D eigenvalue weighted by Crippen LogP contribution is -2.23. The Hall–Kier alpha value is -1.14. The Balaban J connectivity index is 3.40. The Morgan fingerprint density at radius 3 is 2.10 bits per heavy atom.